The summed E-state index contributed by atoms with van der Waals surface area (Å²) in [6.07, 6.45) is 0.184. The first-order valence-corrected chi connectivity index (χ1v) is 6.22. The van der Waals surface area contributed by atoms with E-state index in [0.717, 1.165) is 5.56 Å². The number of carboxylic acid groups (broad SMARTS) is 1. The van der Waals surface area contributed by atoms with E-state index < -0.39 is 12.0 Å². The Kier molecular flexibility index (Phi) is 3.87. The highest BCUT2D eigenvalue weighted by Gasteiger charge is 2.34. The lowest BCUT2D eigenvalue weighted by Crippen LogP contribution is -2.32. The van der Waals surface area contributed by atoms with Crippen molar-refractivity contribution in [2.75, 3.05) is 6.54 Å². The number of rotatable bonds is 4. The number of benzene rings is 1. The van der Waals surface area contributed by atoms with Crippen LogP contribution in [0.15, 0.2) is 30.3 Å². The monoisotopic (exact) mass is 267 g/mol. The number of carboxylic acids is 1. The van der Waals surface area contributed by atoms with Crippen LogP contribution in [0.3, 0.4) is 0 Å². The molecule has 1 aromatic rings. The molecule has 1 N–H and O–H groups in total. The average molecular weight is 268 g/mol. The van der Waals surface area contributed by atoms with Crippen LogP contribution in [0.1, 0.15) is 24.4 Å². The highest BCUT2D eigenvalue weighted by Crippen LogP contribution is 2.30. The van der Waals surface area contributed by atoms with Crippen LogP contribution in [0, 0.1) is 0 Å². The van der Waals surface area contributed by atoms with Gasteiger partial charge in [-0.3, -0.25) is 9.59 Å². The third-order valence-corrected chi connectivity index (χ3v) is 3.33. The summed E-state index contributed by atoms with van der Waals surface area (Å²) in [5.41, 5.74) is 0.832. The first-order valence-electron chi connectivity index (χ1n) is 5.78. The maximum Gasteiger partial charge on any atom is 0.305 e. The maximum absolute atomic E-state index is 11.8. The van der Waals surface area contributed by atoms with E-state index in [4.69, 9.17) is 16.7 Å². The van der Waals surface area contributed by atoms with Gasteiger partial charge in [0.25, 0.3) is 0 Å². The van der Waals surface area contributed by atoms with Crippen LogP contribution < -0.4 is 0 Å². The fourth-order valence-corrected chi connectivity index (χ4v) is 2.52. The van der Waals surface area contributed by atoms with E-state index in [1.54, 1.807) is 4.90 Å². The zero-order chi connectivity index (χ0) is 13.1. The van der Waals surface area contributed by atoms with Crippen LogP contribution in [0.5, 0.6) is 0 Å². The molecule has 0 aliphatic carbocycles. The van der Waals surface area contributed by atoms with Crippen LogP contribution in [0.25, 0.3) is 0 Å². The van der Waals surface area contributed by atoms with E-state index in [-0.39, 0.29) is 24.1 Å². The third-order valence-electron chi connectivity index (χ3n) is 3.04. The Labute approximate surface area is 110 Å². The van der Waals surface area contributed by atoms with Crippen LogP contribution in [0.2, 0.25) is 0 Å². The Morgan fingerprint density at radius 3 is 2.61 bits per heavy atom. The molecule has 0 saturated carbocycles. The second kappa shape index (κ2) is 5.40. The summed E-state index contributed by atoms with van der Waals surface area (Å²) in [5, 5.41) is 8.76. The van der Waals surface area contributed by atoms with Crippen LogP contribution >= 0.6 is 11.6 Å². The number of alkyl halides is 1. The van der Waals surface area contributed by atoms with E-state index in [1.165, 1.54) is 0 Å². The van der Waals surface area contributed by atoms with Crippen molar-refractivity contribution in [2.45, 2.75) is 24.3 Å². The summed E-state index contributed by atoms with van der Waals surface area (Å²) in [7, 11) is 0. The molecule has 0 radical (unpaired) electrons. The smallest absolute Gasteiger partial charge is 0.305 e. The molecular formula is C13H14ClNO3. The van der Waals surface area contributed by atoms with E-state index >= 15 is 0 Å². The molecule has 1 fully saturated rings. The van der Waals surface area contributed by atoms with Gasteiger partial charge in [-0.1, -0.05) is 30.3 Å². The minimum Gasteiger partial charge on any atom is -0.481 e. The molecule has 2 atom stereocenters. The number of aliphatic carboxylic acids is 1. The van der Waals surface area contributed by atoms with Gasteiger partial charge in [-0.25, -0.2) is 0 Å². The molecule has 1 saturated heterocycles. The summed E-state index contributed by atoms with van der Waals surface area (Å²) in [6, 6.07) is 8.77. The molecule has 1 aliphatic rings. The summed E-state index contributed by atoms with van der Waals surface area (Å²) < 4.78 is 0. The Bertz CT molecular complexity index is 449. The van der Waals surface area contributed by atoms with Gasteiger partial charge in [-0.05, 0) is 5.56 Å². The Hall–Kier alpha value is -1.55. The molecule has 1 aliphatic heterocycles. The lowest BCUT2D eigenvalue weighted by atomic mass is 10.0. The minimum absolute atomic E-state index is 0.0786. The van der Waals surface area contributed by atoms with Crippen molar-refractivity contribution < 1.29 is 14.7 Å². The summed E-state index contributed by atoms with van der Waals surface area (Å²) in [5.74, 6) is -1.00. The van der Waals surface area contributed by atoms with Gasteiger partial charge in [0, 0.05) is 13.0 Å². The lowest BCUT2D eigenvalue weighted by molar-refractivity contribution is -0.139. The summed E-state index contributed by atoms with van der Waals surface area (Å²) >= 11 is 5.96. The van der Waals surface area contributed by atoms with Crippen LogP contribution in [-0.2, 0) is 9.59 Å². The van der Waals surface area contributed by atoms with E-state index in [9.17, 15) is 9.59 Å². The Morgan fingerprint density at radius 2 is 2.11 bits per heavy atom. The second-order valence-electron chi connectivity index (χ2n) is 4.37. The molecule has 2 rings (SSSR count). The topological polar surface area (TPSA) is 57.6 Å². The number of amides is 1. The van der Waals surface area contributed by atoms with Gasteiger partial charge in [-0.2, -0.15) is 0 Å². The molecule has 2 unspecified atom stereocenters. The van der Waals surface area contributed by atoms with Gasteiger partial charge < -0.3 is 10.0 Å². The molecule has 5 heteroatoms. The first kappa shape index (κ1) is 12.9. The van der Waals surface area contributed by atoms with Crippen molar-refractivity contribution in [1.82, 2.24) is 4.90 Å². The van der Waals surface area contributed by atoms with E-state index in [1.807, 2.05) is 30.3 Å². The lowest BCUT2D eigenvalue weighted by Gasteiger charge is -2.27. The summed E-state index contributed by atoms with van der Waals surface area (Å²) in [4.78, 5) is 24.4. The van der Waals surface area contributed by atoms with Gasteiger partial charge in [-0.15, -0.1) is 11.6 Å². The van der Waals surface area contributed by atoms with Crippen LogP contribution in [0.4, 0.5) is 0 Å². The molecule has 1 aromatic carbocycles. The van der Waals surface area contributed by atoms with Gasteiger partial charge in [0.2, 0.25) is 5.91 Å². The van der Waals surface area contributed by atoms with E-state index in [2.05, 4.69) is 0 Å². The average Bonchev–Trinajstić information content (AvgIpc) is 2.66. The molecule has 0 spiro atoms. The zero-order valence-corrected chi connectivity index (χ0v) is 10.5. The molecule has 96 valence electrons. The van der Waals surface area contributed by atoms with Crippen molar-refractivity contribution in [1.29, 1.82) is 0 Å². The summed E-state index contributed by atoms with van der Waals surface area (Å²) in [6.45, 7) is 0.410. The SMILES string of the molecule is O=C(O)CC(c1ccccc1)N1CC(Cl)CC1=O. The predicted molar refractivity (Wildman–Crippen MR) is 67.4 cm³/mol. The fourth-order valence-electron chi connectivity index (χ4n) is 2.24. The number of hydrogen-bond acceptors (Lipinski definition) is 2. The third kappa shape index (κ3) is 2.82. The molecule has 1 heterocycles. The molecule has 4 nitrogen and oxygen atoms in total. The van der Waals surface area contributed by atoms with Crippen molar-refractivity contribution in [3.05, 3.63) is 35.9 Å². The number of halogens is 1. The quantitative estimate of drug-likeness (QED) is 0.850. The normalized spacial score (nSPS) is 21.1. The maximum atomic E-state index is 11.8. The van der Waals surface area contributed by atoms with Gasteiger partial charge in [0.05, 0.1) is 17.8 Å². The van der Waals surface area contributed by atoms with E-state index in [0.29, 0.717) is 6.54 Å². The fraction of sp³-hybridized carbons (Fsp3) is 0.385. The number of carbonyl (C=O) groups excluding carboxylic acids is 1. The van der Waals surface area contributed by atoms with Crippen molar-refractivity contribution >= 4 is 23.5 Å². The zero-order valence-electron chi connectivity index (χ0n) is 9.75. The number of likely N-dealkylation sites (tertiary alicyclic amines) is 1. The standard InChI is InChI=1S/C13H14ClNO3/c14-10-6-12(16)15(8-10)11(7-13(17)18)9-4-2-1-3-5-9/h1-5,10-11H,6-8H2,(H,17,18). The van der Waals surface area contributed by atoms with Crippen molar-refractivity contribution in [2.24, 2.45) is 0 Å². The highest BCUT2D eigenvalue weighted by molar-refractivity contribution is 6.22. The molecule has 0 aromatic heterocycles. The number of hydrogen-bond donors (Lipinski definition) is 1. The molecule has 1 amide bonds. The predicted octanol–water partition coefficient (Wildman–Crippen LogP) is 2.04. The van der Waals surface area contributed by atoms with Gasteiger partial charge in [0.1, 0.15) is 0 Å². The second-order valence-corrected chi connectivity index (χ2v) is 4.99. The van der Waals surface area contributed by atoms with Gasteiger partial charge >= 0.3 is 5.97 Å². The van der Waals surface area contributed by atoms with Crippen LogP contribution in [-0.4, -0.2) is 33.8 Å². The molecule has 18 heavy (non-hydrogen) atoms. The first-order chi connectivity index (χ1) is 8.58. The largest absolute Gasteiger partial charge is 0.481 e. The number of carbonyl (C=O) groups is 2. The van der Waals surface area contributed by atoms with Crippen molar-refractivity contribution in [3.63, 3.8) is 0 Å². The van der Waals surface area contributed by atoms with Crippen molar-refractivity contribution in [3.8, 4) is 0 Å². The number of nitrogens with zero attached hydrogens (tertiary/aromatic N) is 1. The highest BCUT2D eigenvalue weighted by atomic mass is 35.5. The molecule has 0 bridgehead atoms. The minimum atomic E-state index is -0.922. The Balaban J connectivity index is 2.26. The molecular weight excluding hydrogens is 254 g/mol. The Morgan fingerprint density at radius 1 is 1.44 bits per heavy atom. The van der Waals surface area contributed by atoms with Gasteiger partial charge in [0.15, 0.2) is 0 Å².